The van der Waals surface area contributed by atoms with Crippen LogP contribution in [0.15, 0.2) is 12.7 Å². The third kappa shape index (κ3) is 3.51. The highest BCUT2D eigenvalue weighted by atomic mass is 16.7. The Kier molecular flexibility index (Phi) is 6.12. The number of likely N-dealkylation sites (N-methyl/N-ethyl adjacent to an activating group) is 1. The predicted octanol–water partition coefficient (Wildman–Crippen LogP) is 0.769. The fraction of sp³-hybridized carbons (Fsp3) is 0.750. The van der Waals surface area contributed by atoms with E-state index in [1.165, 1.54) is 0 Å². The van der Waals surface area contributed by atoms with Gasteiger partial charge >= 0.3 is 0 Å². The first-order valence-electron chi connectivity index (χ1n) is 3.63. The molecule has 0 aromatic heterocycles. The maximum absolute atomic E-state index is 5.07. The lowest BCUT2D eigenvalue weighted by molar-refractivity contribution is -0.121. The van der Waals surface area contributed by atoms with E-state index in [1.807, 2.05) is 13.1 Å². The van der Waals surface area contributed by atoms with Crippen LogP contribution in [0.25, 0.3) is 0 Å². The van der Waals surface area contributed by atoms with Crippen molar-refractivity contribution in [2.45, 2.75) is 18.8 Å². The second-order valence-electron chi connectivity index (χ2n) is 2.26. The van der Waals surface area contributed by atoms with Crippen LogP contribution in [0, 0.1) is 0 Å². The van der Waals surface area contributed by atoms with Gasteiger partial charge < -0.3 is 14.8 Å². The average molecular weight is 159 g/mol. The van der Waals surface area contributed by atoms with E-state index in [2.05, 4.69) is 11.9 Å². The van der Waals surface area contributed by atoms with Crippen LogP contribution in [0.4, 0.5) is 0 Å². The lowest BCUT2D eigenvalue weighted by atomic mass is 10.2. The standard InChI is InChI=1S/C8H17NO2/c1-5-6-7(9-2)8(10-3)11-4/h5,7-9H,1,6H2,2-4H3. The quantitative estimate of drug-likeness (QED) is 0.458. The number of ether oxygens (including phenoxy) is 2. The largest absolute Gasteiger partial charge is 0.354 e. The molecule has 1 unspecified atom stereocenters. The highest BCUT2D eigenvalue weighted by molar-refractivity contribution is 4.79. The Bertz CT molecular complexity index is 102. The Balaban J connectivity index is 3.85. The summed E-state index contributed by atoms with van der Waals surface area (Å²) in [5.41, 5.74) is 0. The molecule has 0 spiro atoms. The molecule has 0 aromatic carbocycles. The molecule has 3 heteroatoms. The Hall–Kier alpha value is -0.380. The van der Waals surface area contributed by atoms with Crippen molar-refractivity contribution >= 4 is 0 Å². The molecule has 11 heavy (non-hydrogen) atoms. The van der Waals surface area contributed by atoms with Gasteiger partial charge in [-0.25, -0.2) is 0 Å². The van der Waals surface area contributed by atoms with Gasteiger partial charge in [0.15, 0.2) is 6.29 Å². The topological polar surface area (TPSA) is 30.5 Å². The Morgan fingerprint density at radius 1 is 1.45 bits per heavy atom. The molecule has 0 bridgehead atoms. The molecule has 0 fully saturated rings. The van der Waals surface area contributed by atoms with Crippen molar-refractivity contribution in [3.05, 3.63) is 12.7 Å². The number of methoxy groups -OCH3 is 2. The van der Waals surface area contributed by atoms with Crippen molar-refractivity contribution in [2.24, 2.45) is 0 Å². The summed E-state index contributed by atoms with van der Waals surface area (Å²) in [6.07, 6.45) is 2.48. The van der Waals surface area contributed by atoms with Crippen LogP contribution >= 0.6 is 0 Å². The summed E-state index contributed by atoms with van der Waals surface area (Å²) in [4.78, 5) is 0. The first kappa shape index (κ1) is 10.6. The normalized spacial score (nSPS) is 13.5. The summed E-state index contributed by atoms with van der Waals surface area (Å²) in [6, 6.07) is 0.183. The van der Waals surface area contributed by atoms with Crippen LogP contribution in [0.3, 0.4) is 0 Å². The number of nitrogens with one attached hydrogen (secondary N) is 1. The zero-order chi connectivity index (χ0) is 8.69. The van der Waals surface area contributed by atoms with Gasteiger partial charge in [0, 0.05) is 14.2 Å². The van der Waals surface area contributed by atoms with Gasteiger partial charge in [-0.05, 0) is 13.5 Å². The summed E-state index contributed by atoms with van der Waals surface area (Å²) in [7, 11) is 5.13. The van der Waals surface area contributed by atoms with E-state index in [1.54, 1.807) is 14.2 Å². The van der Waals surface area contributed by atoms with Crippen LogP contribution < -0.4 is 5.32 Å². The molecular formula is C8H17NO2. The van der Waals surface area contributed by atoms with Crippen molar-refractivity contribution in [3.8, 4) is 0 Å². The summed E-state index contributed by atoms with van der Waals surface area (Å²) in [5.74, 6) is 0. The minimum Gasteiger partial charge on any atom is -0.354 e. The molecule has 0 heterocycles. The molecule has 0 aliphatic carbocycles. The van der Waals surface area contributed by atoms with Gasteiger partial charge in [-0.3, -0.25) is 0 Å². The van der Waals surface area contributed by atoms with E-state index >= 15 is 0 Å². The van der Waals surface area contributed by atoms with Crippen LogP contribution in [0.5, 0.6) is 0 Å². The molecule has 66 valence electrons. The van der Waals surface area contributed by atoms with Crippen molar-refractivity contribution in [3.63, 3.8) is 0 Å². The maximum Gasteiger partial charge on any atom is 0.172 e. The van der Waals surface area contributed by atoms with Gasteiger partial charge in [0.05, 0.1) is 6.04 Å². The monoisotopic (exact) mass is 159 g/mol. The highest BCUT2D eigenvalue weighted by Gasteiger charge is 2.16. The summed E-state index contributed by atoms with van der Waals surface area (Å²) in [5, 5.41) is 3.08. The second-order valence-corrected chi connectivity index (χ2v) is 2.26. The molecule has 0 aliphatic heterocycles. The minimum atomic E-state index is -0.196. The van der Waals surface area contributed by atoms with E-state index in [4.69, 9.17) is 9.47 Å². The van der Waals surface area contributed by atoms with Crippen LogP contribution in [-0.2, 0) is 9.47 Å². The summed E-state index contributed by atoms with van der Waals surface area (Å²) >= 11 is 0. The molecule has 0 amide bonds. The zero-order valence-electron chi connectivity index (χ0n) is 7.46. The van der Waals surface area contributed by atoms with Crippen molar-refractivity contribution in [2.75, 3.05) is 21.3 Å². The van der Waals surface area contributed by atoms with Gasteiger partial charge in [-0.1, -0.05) is 6.08 Å². The van der Waals surface area contributed by atoms with Crippen LogP contribution in [0.1, 0.15) is 6.42 Å². The Morgan fingerprint density at radius 3 is 2.27 bits per heavy atom. The van der Waals surface area contributed by atoms with E-state index in [0.29, 0.717) is 0 Å². The molecule has 0 rings (SSSR count). The molecule has 0 saturated heterocycles. The van der Waals surface area contributed by atoms with Gasteiger partial charge in [0.1, 0.15) is 0 Å². The molecule has 0 saturated carbocycles. The molecular weight excluding hydrogens is 142 g/mol. The van der Waals surface area contributed by atoms with E-state index in [0.717, 1.165) is 6.42 Å². The minimum absolute atomic E-state index is 0.183. The van der Waals surface area contributed by atoms with E-state index in [-0.39, 0.29) is 12.3 Å². The second kappa shape index (κ2) is 6.34. The van der Waals surface area contributed by atoms with Crippen LogP contribution in [-0.4, -0.2) is 33.6 Å². The predicted molar refractivity (Wildman–Crippen MR) is 45.5 cm³/mol. The van der Waals surface area contributed by atoms with Crippen molar-refractivity contribution in [1.82, 2.24) is 5.32 Å². The Morgan fingerprint density at radius 2 is 2.00 bits per heavy atom. The van der Waals surface area contributed by atoms with E-state index < -0.39 is 0 Å². The van der Waals surface area contributed by atoms with Gasteiger partial charge in [-0.2, -0.15) is 0 Å². The third-order valence-corrected chi connectivity index (χ3v) is 1.58. The van der Waals surface area contributed by atoms with Gasteiger partial charge in [0.25, 0.3) is 0 Å². The molecule has 3 nitrogen and oxygen atoms in total. The SMILES string of the molecule is C=CCC(NC)C(OC)OC. The molecule has 1 atom stereocenters. The lowest BCUT2D eigenvalue weighted by Crippen LogP contribution is -2.39. The van der Waals surface area contributed by atoms with E-state index in [9.17, 15) is 0 Å². The van der Waals surface area contributed by atoms with Gasteiger partial charge in [-0.15, -0.1) is 6.58 Å². The Labute approximate surface area is 68.4 Å². The first-order valence-corrected chi connectivity index (χ1v) is 3.63. The zero-order valence-corrected chi connectivity index (χ0v) is 7.46. The molecule has 0 aromatic rings. The van der Waals surface area contributed by atoms with Crippen molar-refractivity contribution < 1.29 is 9.47 Å². The fourth-order valence-corrected chi connectivity index (χ4v) is 0.969. The number of rotatable bonds is 6. The van der Waals surface area contributed by atoms with Crippen molar-refractivity contribution in [1.29, 1.82) is 0 Å². The number of hydrogen-bond donors (Lipinski definition) is 1. The molecule has 1 N–H and O–H groups in total. The first-order chi connectivity index (χ1) is 5.29. The molecule has 0 aliphatic rings. The fourth-order valence-electron chi connectivity index (χ4n) is 0.969. The number of hydrogen-bond acceptors (Lipinski definition) is 3. The van der Waals surface area contributed by atoms with Crippen LogP contribution in [0.2, 0.25) is 0 Å². The maximum atomic E-state index is 5.07. The third-order valence-electron chi connectivity index (χ3n) is 1.58. The molecule has 0 radical (unpaired) electrons. The average Bonchev–Trinajstić information content (AvgIpc) is 2.05. The summed E-state index contributed by atoms with van der Waals surface area (Å²) < 4.78 is 10.1. The van der Waals surface area contributed by atoms with Gasteiger partial charge in [0.2, 0.25) is 0 Å². The summed E-state index contributed by atoms with van der Waals surface area (Å²) in [6.45, 7) is 3.65. The highest BCUT2D eigenvalue weighted by Crippen LogP contribution is 2.03. The smallest absolute Gasteiger partial charge is 0.172 e. The lowest BCUT2D eigenvalue weighted by Gasteiger charge is -2.22.